The van der Waals surface area contributed by atoms with E-state index in [-0.39, 0.29) is 0 Å². The molecule has 0 aliphatic carbocycles. The summed E-state index contributed by atoms with van der Waals surface area (Å²) in [6.45, 7) is 6.37. The molecule has 0 fully saturated rings. The Kier molecular flexibility index (Phi) is 2.71. The van der Waals surface area contributed by atoms with E-state index in [1.165, 1.54) is 0 Å². The normalized spacial score (nSPS) is 20.1. The Morgan fingerprint density at radius 1 is 1.45 bits per heavy atom. The van der Waals surface area contributed by atoms with Crippen molar-refractivity contribution in [3.05, 3.63) is 23.9 Å². The van der Waals surface area contributed by atoms with Crippen molar-refractivity contribution in [3.63, 3.8) is 0 Å². The second-order valence-electron chi connectivity index (χ2n) is 3.15. The van der Waals surface area contributed by atoms with Gasteiger partial charge in [-0.25, -0.2) is 0 Å². The van der Waals surface area contributed by atoms with E-state index in [9.17, 15) is 0 Å². The van der Waals surface area contributed by atoms with E-state index in [1.54, 1.807) is 0 Å². The lowest BCUT2D eigenvalue weighted by Crippen LogP contribution is -2.30. The fourth-order valence-corrected chi connectivity index (χ4v) is 1.11. The van der Waals surface area contributed by atoms with E-state index in [0.717, 1.165) is 18.8 Å². The lowest BCUT2D eigenvalue weighted by Gasteiger charge is -2.22. The number of allylic oxidation sites excluding steroid dienone is 1. The Morgan fingerprint density at radius 2 is 2.18 bits per heavy atom. The molecule has 2 nitrogen and oxygen atoms in total. The van der Waals surface area contributed by atoms with E-state index in [2.05, 4.69) is 30.9 Å². The minimum atomic E-state index is 0.599. The van der Waals surface area contributed by atoms with Gasteiger partial charge in [0.05, 0.1) is 0 Å². The first-order chi connectivity index (χ1) is 5.20. The van der Waals surface area contributed by atoms with Crippen LogP contribution in [0.3, 0.4) is 0 Å². The van der Waals surface area contributed by atoms with Crippen LogP contribution in [0.4, 0.5) is 0 Å². The molecule has 0 aromatic rings. The SMILES string of the molecule is CC(C)N1CC=CC(N)=CC1. The molecule has 0 spiro atoms. The van der Waals surface area contributed by atoms with Crippen molar-refractivity contribution in [2.75, 3.05) is 13.1 Å². The fraction of sp³-hybridized carbons (Fsp3) is 0.556. The highest BCUT2D eigenvalue weighted by atomic mass is 15.1. The summed E-state index contributed by atoms with van der Waals surface area (Å²) in [5.74, 6) is 0. The fourth-order valence-electron chi connectivity index (χ4n) is 1.11. The van der Waals surface area contributed by atoms with Crippen molar-refractivity contribution in [2.24, 2.45) is 5.73 Å². The second-order valence-corrected chi connectivity index (χ2v) is 3.15. The average molecular weight is 152 g/mol. The van der Waals surface area contributed by atoms with Crippen LogP contribution in [-0.4, -0.2) is 24.0 Å². The largest absolute Gasteiger partial charge is 0.399 e. The van der Waals surface area contributed by atoms with E-state index in [0.29, 0.717) is 6.04 Å². The van der Waals surface area contributed by atoms with Crippen molar-refractivity contribution in [1.82, 2.24) is 4.90 Å². The van der Waals surface area contributed by atoms with E-state index < -0.39 is 0 Å². The molecule has 1 aliphatic rings. The lowest BCUT2D eigenvalue weighted by atomic mass is 10.3. The predicted octanol–water partition coefficient (Wildman–Crippen LogP) is 1.11. The van der Waals surface area contributed by atoms with Gasteiger partial charge in [-0.05, 0) is 26.0 Å². The van der Waals surface area contributed by atoms with Crippen LogP contribution in [0.1, 0.15) is 13.8 Å². The molecular weight excluding hydrogens is 136 g/mol. The second kappa shape index (κ2) is 3.58. The zero-order valence-electron chi connectivity index (χ0n) is 7.25. The Bertz CT molecular complexity index is 180. The van der Waals surface area contributed by atoms with Gasteiger partial charge in [0.2, 0.25) is 0 Å². The zero-order valence-corrected chi connectivity index (χ0v) is 7.25. The van der Waals surface area contributed by atoms with Gasteiger partial charge >= 0.3 is 0 Å². The Morgan fingerprint density at radius 3 is 2.82 bits per heavy atom. The molecule has 0 amide bonds. The van der Waals surface area contributed by atoms with Crippen LogP contribution < -0.4 is 5.73 Å². The lowest BCUT2D eigenvalue weighted by molar-refractivity contribution is 0.274. The summed E-state index contributed by atoms with van der Waals surface area (Å²) in [4.78, 5) is 2.36. The summed E-state index contributed by atoms with van der Waals surface area (Å²) < 4.78 is 0. The molecule has 1 aliphatic heterocycles. The summed E-state index contributed by atoms with van der Waals surface area (Å²) in [5.41, 5.74) is 6.53. The molecule has 2 N–H and O–H groups in total. The van der Waals surface area contributed by atoms with Gasteiger partial charge in [0, 0.05) is 24.8 Å². The van der Waals surface area contributed by atoms with Crippen LogP contribution in [0.2, 0.25) is 0 Å². The third-order valence-corrected chi connectivity index (χ3v) is 1.94. The first kappa shape index (κ1) is 8.34. The molecule has 11 heavy (non-hydrogen) atoms. The Labute approximate surface area is 68.4 Å². The van der Waals surface area contributed by atoms with Crippen LogP contribution in [0, 0.1) is 0 Å². The summed E-state index contributed by atoms with van der Waals surface area (Å²) in [6.07, 6.45) is 6.14. The first-order valence-electron chi connectivity index (χ1n) is 4.06. The summed E-state index contributed by atoms with van der Waals surface area (Å²) in [5, 5.41) is 0. The van der Waals surface area contributed by atoms with Crippen LogP contribution in [0.25, 0.3) is 0 Å². The third-order valence-electron chi connectivity index (χ3n) is 1.94. The van der Waals surface area contributed by atoms with E-state index >= 15 is 0 Å². The maximum Gasteiger partial charge on any atom is 0.0283 e. The van der Waals surface area contributed by atoms with Gasteiger partial charge in [0.1, 0.15) is 0 Å². The molecule has 0 aromatic heterocycles. The molecule has 0 aromatic carbocycles. The molecule has 62 valence electrons. The van der Waals surface area contributed by atoms with Gasteiger partial charge < -0.3 is 5.73 Å². The van der Waals surface area contributed by atoms with Gasteiger partial charge in [0.15, 0.2) is 0 Å². The predicted molar refractivity (Wildman–Crippen MR) is 48.1 cm³/mol. The molecule has 0 bridgehead atoms. The molecular formula is C9H16N2. The quantitative estimate of drug-likeness (QED) is 0.610. The number of nitrogens with zero attached hydrogens (tertiary/aromatic N) is 1. The number of hydrogen-bond donors (Lipinski definition) is 1. The van der Waals surface area contributed by atoms with E-state index in [4.69, 9.17) is 5.73 Å². The van der Waals surface area contributed by atoms with Crippen molar-refractivity contribution in [3.8, 4) is 0 Å². The van der Waals surface area contributed by atoms with Crippen molar-refractivity contribution < 1.29 is 0 Å². The highest BCUT2D eigenvalue weighted by Gasteiger charge is 2.06. The van der Waals surface area contributed by atoms with Crippen LogP contribution in [0.5, 0.6) is 0 Å². The molecule has 1 heterocycles. The molecule has 0 saturated heterocycles. The highest BCUT2D eigenvalue weighted by Crippen LogP contribution is 2.03. The standard InChI is InChI=1S/C9H16N2/c1-8(2)11-6-3-4-9(10)5-7-11/h3-5,8H,6-7,10H2,1-2H3. The topological polar surface area (TPSA) is 29.3 Å². The minimum Gasteiger partial charge on any atom is -0.399 e. The number of rotatable bonds is 1. The molecule has 2 heteroatoms. The van der Waals surface area contributed by atoms with Crippen molar-refractivity contribution >= 4 is 0 Å². The summed E-state index contributed by atoms with van der Waals surface area (Å²) >= 11 is 0. The van der Waals surface area contributed by atoms with Gasteiger partial charge in [-0.3, -0.25) is 4.90 Å². The zero-order chi connectivity index (χ0) is 8.27. The maximum absolute atomic E-state index is 5.64. The van der Waals surface area contributed by atoms with Gasteiger partial charge in [-0.15, -0.1) is 0 Å². The number of nitrogens with two attached hydrogens (primary N) is 1. The molecule has 1 rings (SSSR count). The Balaban J connectivity index is 2.57. The van der Waals surface area contributed by atoms with Gasteiger partial charge in [-0.1, -0.05) is 6.08 Å². The first-order valence-corrected chi connectivity index (χ1v) is 4.06. The molecule has 0 radical (unpaired) electrons. The minimum absolute atomic E-state index is 0.599. The smallest absolute Gasteiger partial charge is 0.0283 e. The monoisotopic (exact) mass is 152 g/mol. The summed E-state index contributed by atoms with van der Waals surface area (Å²) in [7, 11) is 0. The average Bonchev–Trinajstić information content (AvgIpc) is 2.13. The van der Waals surface area contributed by atoms with Crippen molar-refractivity contribution in [1.29, 1.82) is 0 Å². The molecule has 0 unspecified atom stereocenters. The third kappa shape index (κ3) is 2.39. The maximum atomic E-state index is 5.64. The van der Waals surface area contributed by atoms with Crippen LogP contribution in [-0.2, 0) is 0 Å². The van der Waals surface area contributed by atoms with Crippen LogP contribution in [0.15, 0.2) is 23.9 Å². The van der Waals surface area contributed by atoms with Crippen molar-refractivity contribution in [2.45, 2.75) is 19.9 Å². The molecule has 0 saturated carbocycles. The highest BCUT2D eigenvalue weighted by molar-refractivity contribution is 5.17. The van der Waals surface area contributed by atoms with E-state index in [1.807, 2.05) is 6.08 Å². The Hall–Kier alpha value is -0.760. The van der Waals surface area contributed by atoms with Gasteiger partial charge in [-0.2, -0.15) is 0 Å². The molecule has 0 atom stereocenters. The number of hydrogen-bond acceptors (Lipinski definition) is 2. The van der Waals surface area contributed by atoms with Gasteiger partial charge in [0.25, 0.3) is 0 Å². The van der Waals surface area contributed by atoms with Crippen LogP contribution >= 0.6 is 0 Å². The summed E-state index contributed by atoms with van der Waals surface area (Å²) in [6, 6.07) is 0.599.